The molecule has 1 aliphatic rings. The Morgan fingerprint density at radius 3 is 3.13 bits per heavy atom. The first kappa shape index (κ1) is 12.6. The van der Waals surface area contributed by atoms with E-state index in [0.717, 1.165) is 24.4 Å². The number of carbonyl (C=O) groups excluding carboxylic acids is 1. The molecular weight excluding hydrogens is 234 g/mol. The van der Waals surface area contributed by atoms with E-state index in [1.165, 1.54) is 11.3 Å². The molecule has 0 bridgehead atoms. The molecule has 0 aliphatic carbocycles. The smallest absolute Gasteiger partial charge is 0.198 e. The molecule has 1 atom stereocenters. The van der Waals surface area contributed by atoms with Gasteiger partial charge in [0.1, 0.15) is 6.61 Å². The number of Topliss-reactive ketones (excluding diaryl/α,β-unsaturated/α-hetero) is 1. The Hall–Kier alpha value is -0.420. The quantitative estimate of drug-likeness (QED) is 0.824. The van der Waals surface area contributed by atoms with Crippen LogP contribution in [0.2, 0.25) is 0 Å². The van der Waals surface area contributed by atoms with Crippen LogP contribution in [0.5, 0.6) is 0 Å². The fourth-order valence-corrected chi connectivity index (χ4v) is 2.12. The molecular formula is C10H14ClNO2S. The Labute approximate surface area is 99.2 Å². The van der Waals surface area contributed by atoms with Gasteiger partial charge in [0.05, 0.1) is 11.0 Å². The van der Waals surface area contributed by atoms with Crippen LogP contribution in [0.3, 0.4) is 0 Å². The second-order valence-electron chi connectivity index (χ2n) is 3.33. The van der Waals surface area contributed by atoms with E-state index >= 15 is 0 Å². The van der Waals surface area contributed by atoms with Crippen molar-refractivity contribution in [2.24, 2.45) is 0 Å². The van der Waals surface area contributed by atoms with Gasteiger partial charge >= 0.3 is 0 Å². The predicted octanol–water partition coefficient (Wildman–Crippen LogP) is 1.73. The van der Waals surface area contributed by atoms with Crippen LogP contribution in [-0.4, -0.2) is 31.6 Å². The number of ether oxygens (including phenoxy) is 1. The largest absolute Gasteiger partial charge is 0.369 e. The number of nitrogens with one attached hydrogen (secondary N) is 1. The first-order valence-corrected chi connectivity index (χ1v) is 5.63. The number of thiophene rings is 1. The lowest BCUT2D eigenvalue weighted by atomic mass is 10.3. The summed E-state index contributed by atoms with van der Waals surface area (Å²) in [6.45, 7) is 2.09. The summed E-state index contributed by atoms with van der Waals surface area (Å²) in [6.07, 6.45) is 1.23. The summed E-state index contributed by atoms with van der Waals surface area (Å²) in [5.74, 6) is 0.0897. The van der Waals surface area contributed by atoms with Gasteiger partial charge in [0.15, 0.2) is 5.78 Å². The topological polar surface area (TPSA) is 38.3 Å². The minimum atomic E-state index is 0. The lowest BCUT2D eigenvalue weighted by molar-refractivity contribution is 0.0533. The number of rotatable bonds is 4. The second kappa shape index (κ2) is 6.23. The third kappa shape index (κ3) is 3.57. The summed E-state index contributed by atoms with van der Waals surface area (Å²) in [7, 11) is 0. The highest BCUT2D eigenvalue weighted by Gasteiger charge is 2.16. The zero-order chi connectivity index (χ0) is 9.80. The highest BCUT2D eigenvalue weighted by atomic mass is 35.5. The van der Waals surface area contributed by atoms with Crippen molar-refractivity contribution in [3.8, 4) is 0 Å². The van der Waals surface area contributed by atoms with Crippen molar-refractivity contribution >= 4 is 29.5 Å². The number of carbonyl (C=O) groups is 1. The van der Waals surface area contributed by atoms with Gasteiger partial charge in [0.2, 0.25) is 0 Å². The van der Waals surface area contributed by atoms with E-state index in [0.29, 0.717) is 0 Å². The molecule has 2 rings (SSSR count). The molecule has 5 heteroatoms. The fraction of sp³-hybridized carbons (Fsp3) is 0.500. The molecule has 1 aromatic heterocycles. The second-order valence-corrected chi connectivity index (χ2v) is 4.27. The van der Waals surface area contributed by atoms with E-state index in [1.807, 2.05) is 17.5 Å². The Bertz CT molecular complexity index is 296. The summed E-state index contributed by atoms with van der Waals surface area (Å²) < 4.78 is 5.48. The lowest BCUT2D eigenvalue weighted by Crippen LogP contribution is -2.20. The molecule has 1 aromatic rings. The van der Waals surface area contributed by atoms with Gasteiger partial charge in [-0.05, 0) is 24.4 Å². The van der Waals surface area contributed by atoms with Gasteiger partial charge in [-0.15, -0.1) is 23.7 Å². The van der Waals surface area contributed by atoms with Crippen molar-refractivity contribution in [1.82, 2.24) is 5.32 Å². The van der Waals surface area contributed by atoms with Crippen LogP contribution in [0.1, 0.15) is 16.1 Å². The van der Waals surface area contributed by atoms with Crippen molar-refractivity contribution < 1.29 is 9.53 Å². The van der Waals surface area contributed by atoms with E-state index < -0.39 is 0 Å². The number of halogens is 1. The molecule has 2 heterocycles. The first-order chi connectivity index (χ1) is 6.86. The minimum Gasteiger partial charge on any atom is -0.369 e. The number of ketones is 1. The third-order valence-corrected chi connectivity index (χ3v) is 3.17. The summed E-state index contributed by atoms with van der Waals surface area (Å²) >= 11 is 1.47. The standard InChI is InChI=1S/C10H13NO2S.ClH/c12-9(10-2-1-5-14-10)7-13-8-3-4-11-6-8;/h1-2,5,8,11H,3-4,6-7H2;1H/t8-;/m1./s1. The number of hydrogen-bond donors (Lipinski definition) is 1. The van der Waals surface area contributed by atoms with Crippen molar-refractivity contribution in [2.75, 3.05) is 19.7 Å². The maximum absolute atomic E-state index is 11.5. The van der Waals surface area contributed by atoms with Gasteiger partial charge in [-0.2, -0.15) is 0 Å². The van der Waals surface area contributed by atoms with Gasteiger partial charge in [-0.25, -0.2) is 0 Å². The molecule has 1 fully saturated rings. The van der Waals surface area contributed by atoms with Crippen molar-refractivity contribution in [2.45, 2.75) is 12.5 Å². The molecule has 1 aliphatic heterocycles. The molecule has 0 amide bonds. The first-order valence-electron chi connectivity index (χ1n) is 4.75. The Kier molecular flexibility index (Phi) is 5.25. The monoisotopic (exact) mass is 247 g/mol. The minimum absolute atomic E-state index is 0. The Balaban J connectivity index is 0.00000112. The van der Waals surface area contributed by atoms with Crippen LogP contribution in [0.4, 0.5) is 0 Å². The molecule has 3 nitrogen and oxygen atoms in total. The van der Waals surface area contributed by atoms with Crippen LogP contribution in [0.15, 0.2) is 17.5 Å². The molecule has 0 spiro atoms. The van der Waals surface area contributed by atoms with Crippen LogP contribution in [-0.2, 0) is 4.74 Å². The molecule has 15 heavy (non-hydrogen) atoms. The molecule has 84 valence electrons. The molecule has 0 unspecified atom stereocenters. The third-order valence-electron chi connectivity index (χ3n) is 2.26. The SMILES string of the molecule is Cl.O=C(CO[C@@H]1CCNC1)c1cccs1. The summed E-state index contributed by atoms with van der Waals surface area (Å²) in [6, 6.07) is 3.72. The predicted molar refractivity (Wildman–Crippen MR) is 63.1 cm³/mol. The van der Waals surface area contributed by atoms with Gasteiger partial charge in [0, 0.05) is 6.54 Å². The van der Waals surface area contributed by atoms with Gasteiger partial charge < -0.3 is 10.1 Å². The average Bonchev–Trinajstić information content (AvgIpc) is 2.87. The molecule has 0 saturated carbocycles. The zero-order valence-corrected chi connectivity index (χ0v) is 9.90. The molecule has 1 saturated heterocycles. The summed E-state index contributed by atoms with van der Waals surface area (Å²) in [4.78, 5) is 12.3. The van der Waals surface area contributed by atoms with E-state index in [4.69, 9.17) is 4.74 Å². The fourth-order valence-electron chi connectivity index (χ4n) is 1.47. The van der Waals surface area contributed by atoms with Crippen molar-refractivity contribution in [3.05, 3.63) is 22.4 Å². The maximum Gasteiger partial charge on any atom is 0.198 e. The van der Waals surface area contributed by atoms with E-state index in [2.05, 4.69) is 5.32 Å². The maximum atomic E-state index is 11.5. The van der Waals surface area contributed by atoms with E-state index in [-0.39, 0.29) is 30.9 Å². The van der Waals surface area contributed by atoms with E-state index in [1.54, 1.807) is 0 Å². The van der Waals surface area contributed by atoms with Crippen molar-refractivity contribution in [1.29, 1.82) is 0 Å². The normalized spacial score (nSPS) is 19.9. The van der Waals surface area contributed by atoms with Crippen LogP contribution < -0.4 is 5.32 Å². The Morgan fingerprint density at radius 1 is 1.67 bits per heavy atom. The summed E-state index contributed by atoms with van der Waals surface area (Å²) in [5.41, 5.74) is 0. The highest BCUT2D eigenvalue weighted by molar-refractivity contribution is 7.12. The van der Waals surface area contributed by atoms with Gasteiger partial charge in [-0.1, -0.05) is 6.07 Å². The highest BCUT2D eigenvalue weighted by Crippen LogP contribution is 2.10. The molecule has 1 N–H and O–H groups in total. The van der Waals surface area contributed by atoms with E-state index in [9.17, 15) is 4.79 Å². The molecule has 0 aromatic carbocycles. The van der Waals surface area contributed by atoms with Crippen LogP contribution in [0.25, 0.3) is 0 Å². The van der Waals surface area contributed by atoms with Gasteiger partial charge in [0.25, 0.3) is 0 Å². The number of hydrogen-bond acceptors (Lipinski definition) is 4. The van der Waals surface area contributed by atoms with Gasteiger partial charge in [-0.3, -0.25) is 4.79 Å². The molecule has 0 radical (unpaired) electrons. The van der Waals surface area contributed by atoms with Crippen molar-refractivity contribution in [3.63, 3.8) is 0 Å². The average molecular weight is 248 g/mol. The summed E-state index contributed by atoms with van der Waals surface area (Å²) in [5, 5.41) is 5.10. The zero-order valence-electron chi connectivity index (χ0n) is 8.27. The van der Waals surface area contributed by atoms with Crippen LogP contribution >= 0.6 is 23.7 Å². The Morgan fingerprint density at radius 2 is 2.53 bits per heavy atom. The lowest BCUT2D eigenvalue weighted by Gasteiger charge is -2.08. The van der Waals surface area contributed by atoms with Crippen LogP contribution in [0, 0.1) is 0 Å².